The van der Waals surface area contributed by atoms with Gasteiger partial charge in [-0.1, -0.05) is 0 Å². The van der Waals surface area contributed by atoms with Crippen LogP contribution in [0.1, 0.15) is 5.82 Å². The van der Waals surface area contributed by atoms with Gasteiger partial charge in [0.2, 0.25) is 0 Å². The van der Waals surface area contributed by atoms with Gasteiger partial charge in [0, 0.05) is 13.2 Å². The minimum atomic E-state index is 0. The molecule has 0 radical (unpaired) electrons. The summed E-state index contributed by atoms with van der Waals surface area (Å²) in [6.45, 7) is 1.91. The third-order valence-corrected chi connectivity index (χ3v) is 1.13. The first-order valence-corrected chi connectivity index (χ1v) is 2.45. The monoisotopic (exact) mass is 147 g/mol. The molecule has 0 aliphatic carbocycles. The molecule has 1 aromatic rings. The van der Waals surface area contributed by atoms with Crippen molar-refractivity contribution in [2.45, 2.75) is 6.92 Å². The number of rotatable bonds is 0. The van der Waals surface area contributed by atoms with E-state index in [-0.39, 0.29) is 12.4 Å². The molecular weight excluding hydrogens is 138 g/mol. The van der Waals surface area contributed by atoms with Crippen LogP contribution in [0.15, 0.2) is 6.20 Å². The quantitative estimate of drug-likeness (QED) is 0.588. The van der Waals surface area contributed by atoms with Crippen molar-refractivity contribution in [2.24, 2.45) is 7.05 Å². The van der Waals surface area contributed by atoms with Crippen molar-refractivity contribution in [1.29, 1.82) is 0 Å². The number of hydrogen-bond donors (Lipinski definition) is 1. The van der Waals surface area contributed by atoms with Crippen molar-refractivity contribution in [3.05, 3.63) is 12.0 Å². The number of nitrogens with two attached hydrogens (primary N) is 1. The van der Waals surface area contributed by atoms with Crippen LogP contribution in [-0.4, -0.2) is 9.55 Å². The van der Waals surface area contributed by atoms with Gasteiger partial charge in [0.25, 0.3) is 0 Å². The van der Waals surface area contributed by atoms with Crippen LogP contribution in [0.2, 0.25) is 0 Å². The van der Waals surface area contributed by atoms with E-state index in [0.29, 0.717) is 5.82 Å². The molecule has 1 heterocycles. The lowest BCUT2D eigenvalue weighted by molar-refractivity contribution is 0.858. The molecule has 0 amide bonds. The number of aryl methyl sites for hydroxylation is 2. The molecule has 0 unspecified atom stereocenters. The first-order chi connectivity index (χ1) is 3.70. The van der Waals surface area contributed by atoms with Gasteiger partial charge in [-0.3, -0.25) is 0 Å². The first-order valence-electron chi connectivity index (χ1n) is 2.45. The summed E-state index contributed by atoms with van der Waals surface area (Å²) in [4.78, 5) is 3.95. The van der Waals surface area contributed by atoms with E-state index in [4.69, 9.17) is 5.73 Å². The summed E-state index contributed by atoms with van der Waals surface area (Å²) >= 11 is 0. The summed E-state index contributed by atoms with van der Waals surface area (Å²) in [5, 5.41) is 0. The molecule has 0 saturated heterocycles. The fourth-order valence-electron chi connectivity index (χ4n) is 0.586. The van der Waals surface area contributed by atoms with Gasteiger partial charge >= 0.3 is 0 Å². The third kappa shape index (κ3) is 1.61. The van der Waals surface area contributed by atoms with Crippen LogP contribution >= 0.6 is 12.4 Å². The molecule has 2 N–H and O–H groups in total. The Balaban J connectivity index is 0.000000640. The van der Waals surface area contributed by atoms with Crippen LogP contribution in [0.25, 0.3) is 0 Å². The van der Waals surface area contributed by atoms with E-state index in [9.17, 15) is 0 Å². The minimum Gasteiger partial charge on any atom is -0.382 e. The highest BCUT2D eigenvalue weighted by molar-refractivity contribution is 5.85. The Bertz CT molecular complexity index is 175. The molecular formula is C5H10ClN3. The molecule has 0 aliphatic heterocycles. The van der Waals surface area contributed by atoms with Gasteiger partial charge in [-0.05, 0) is 6.92 Å². The van der Waals surface area contributed by atoms with Crippen LogP contribution in [0, 0.1) is 6.92 Å². The summed E-state index contributed by atoms with van der Waals surface area (Å²) in [5.41, 5.74) is 5.35. The fraction of sp³-hybridized carbons (Fsp3) is 0.400. The van der Waals surface area contributed by atoms with Gasteiger partial charge in [0.15, 0.2) is 0 Å². The standard InChI is InChI=1S/C5H9N3.ClH/c1-4-7-5(6)3-8(4)2;/h3H,6H2,1-2H3;1H. The lowest BCUT2D eigenvalue weighted by Crippen LogP contribution is -1.86. The SMILES string of the molecule is Cc1nc(N)cn1C.Cl. The molecule has 0 saturated carbocycles. The highest BCUT2D eigenvalue weighted by atomic mass is 35.5. The topological polar surface area (TPSA) is 43.8 Å². The lowest BCUT2D eigenvalue weighted by Gasteiger charge is -1.86. The highest BCUT2D eigenvalue weighted by Gasteiger charge is 1.92. The molecule has 1 rings (SSSR count). The zero-order valence-electron chi connectivity index (χ0n) is 5.46. The van der Waals surface area contributed by atoms with Gasteiger partial charge < -0.3 is 10.3 Å². The maximum absolute atomic E-state index is 5.35. The Kier molecular flexibility index (Phi) is 2.52. The number of anilines is 1. The third-order valence-electron chi connectivity index (χ3n) is 1.13. The number of aromatic nitrogens is 2. The number of halogens is 1. The Morgan fingerprint density at radius 1 is 1.67 bits per heavy atom. The predicted molar refractivity (Wildman–Crippen MR) is 39.6 cm³/mol. The molecule has 3 nitrogen and oxygen atoms in total. The van der Waals surface area contributed by atoms with Crippen LogP contribution < -0.4 is 5.73 Å². The number of imidazole rings is 1. The van der Waals surface area contributed by atoms with E-state index in [0.717, 1.165) is 5.82 Å². The minimum absolute atomic E-state index is 0. The lowest BCUT2D eigenvalue weighted by atomic mass is 10.7. The van der Waals surface area contributed by atoms with Crippen LogP contribution in [0.3, 0.4) is 0 Å². The van der Waals surface area contributed by atoms with Crippen LogP contribution in [0.5, 0.6) is 0 Å². The fourth-order valence-corrected chi connectivity index (χ4v) is 0.586. The molecule has 52 valence electrons. The van der Waals surface area contributed by atoms with E-state index in [1.54, 1.807) is 6.20 Å². The number of nitrogens with zero attached hydrogens (tertiary/aromatic N) is 2. The molecule has 0 bridgehead atoms. The van der Waals surface area contributed by atoms with Gasteiger partial charge in [0.05, 0.1) is 0 Å². The van der Waals surface area contributed by atoms with Gasteiger partial charge in [-0.25, -0.2) is 4.98 Å². The van der Waals surface area contributed by atoms with E-state index < -0.39 is 0 Å². The zero-order chi connectivity index (χ0) is 6.15. The predicted octanol–water partition coefficient (Wildman–Crippen LogP) is 0.733. The maximum Gasteiger partial charge on any atom is 0.141 e. The van der Waals surface area contributed by atoms with Crippen molar-refractivity contribution in [2.75, 3.05) is 5.73 Å². The molecule has 9 heavy (non-hydrogen) atoms. The Labute approximate surface area is 60.3 Å². The summed E-state index contributed by atoms with van der Waals surface area (Å²) in [6, 6.07) is 0. The second kappa shape index (κ2) is 2.73. The van der Waals surface area contributed by atoms with E-state index in [1.807, 2.05) is 18.5 Å². The van der Waals surface area contributed by atoms with Gasteiger partial charge in [-0.2, -0.15) is 0 Å². The molecule has 0 spiro atoms. The van der Waals surface area contributed by atoms with Crippen LogP contribution in [-0.2, 0) is 7.05 Å². The molecule has 0 aliphatic rings. The Hall–Kier alpha value is -0.700. The summed E-state index contributed by atoms with van der Waals surface area (Å²) < 4.78 is 1.88. The number of nitrogen functional groups attached to an aromatic ring is 1. The van der Waals surface area contributed by atoms with Crippen molar-refractivity contribution < 1.29 is 0 Å². The van der Waals surface area contributed by atoms with E-state index in [2.05, 4.69) is 4.98 Å². The largest absolute Gasteiger partial charge is 0.382 e. The first kappa shape index (κ1) is 8.30. The summed E-state index contributed by atoms with van der Waals surface area (Å²) in [5.74, 6) is 1.53. The Morgan fingerprint density at radius 2 is 2.22 bits per heavy atom. The van der Waals surface area contributed by atoms with Gasteiger partial charge in [0.1, 0.15) is 11.6 Å². The highest BCUT2D eigenvalue weighted by Crippen LogP contribution is 1.98. The smallest absolute Gasteiger partial charge is 0.141 e. The molecule has 4 heteroatoms. The molecule has 0 aromatic carbocycles. The molecule has 0 atom stereocenters. The van der Waals surface area contributed by atoms with Crippen molar-refractivity contribution >= 4 is 18.2 Å². The Morgan fingerprint density at radius 3 is 2.33 bits per heavy atom. The van der Waals surface area contributed by atoms with Gasteiger partial charge in [-0.15, -0.1) is 12.4 Å². The van der Waals surface area contributed by atoms with Crippen molar-refractivity contribution in [3.8, 4) is 0 Å². The molecule has 0 fully saturated rings. The van der Waals surface area contributed by atoms with Crippen LogP contribution in [0.4, 0.5) is 5.82 Å². The van der Waals surface area contributed by atoms with E-state index in [1.165, 1.54) is 0 Å². The summed E-state index contributed by atoms with van der Waals surface area (Å²) in [7, 11) is 1.92. The second-order valence-corrected chi connectivity index (χ2v) is 1.82. The summed E-state index contributed by atoms with van der Waals surface area (Å²) in [6.07, 6.45) is 1.79. The zero-order valence-corrected chi connectivity index (χ0v) is 6.27. The van der Waals surface area contributed by atoms with Crippen molar-refractivity contribution in [1.82, 2.24) is 9.55 Å². The van der Waals surface area contributed by atoms with E-state index >= 15 is 0 Å². The second-order valence-electron chi connectivity index (χ2n) is 1.82. The number of hydrogen-bond acceptors (Lipinski definition) is 2. The van der Waals surface area contributed by atoms with Crippen molar-refractivity contribution in [3.63, 3.8) is 0 Å². The maximum atomic E-state index is 5.35. The average molecular weight is 148 g/mol. The normalized spacial score (nSPS) is 8.67. The average Bonchev–Trinajstić information content (AvgIpc) is 1.85. The molecule has 1 aromatic heterocycles.